The summed E-state index contributed by atoms with van der Waals surface area (Å²) in [5.74, 6) is 1.56. The minimum atomic E-state index is 0.0173. The van der Waals surface area contributed by atoms with E-state index < -0.39 is 0 Å². The molecule has 1 fully saturated rings. The Morgan fingerprint density at radius 2 is 2.32 bits per heavy atom. The zero-order valence-electron chi connectivity index (χ0n) is 11.1. The zero-order chi connectivity index (χ0) is 13.2. The van der Waals surface area contributed by atoms with Crippen molar-refractivity contribution in [3.63, 3.8) is 0 Å². The van der Waals surface area contributed by atoms with E-state index in [9.17, 15) is 0 Å². The summed E-state index contributed by atoms with van der Waals surface area (Å²) in [5.41, 5.74) is 1.86. The second-order valence-corrected chi connectivity index (χ2v) is 4.65. The van der Waals surface area contributed by atoms with Gasteiger partial charge in [-0.25, -0.2) is 9.97 Å². The molecule has 1 unspecified atom stereocenters. The van der Waals surface area contributed by atoms with Crippen LogP contribution in [-0.2, 0) is 11.8 Å². The lowest BCUT2D eigenvalue weighted by atomic mass is 10.2. The van der Waals surface area contributed by atoms with Crippen molar-refractivity contribution < 1.29 is 4.74 Å². The van der Waals surface area contributed by atoms with E-state index in [0.29, 0.717) is 0 Å². The van der Waals surface area contributed by atoms with Crippen molar-refractivity contribution >= 4 is 5.82 Å². The number of ether oxygens (including phenoxy) is 1. The third-order valence-corrected chi connectivity index (χ3v) is 3.22. The molecule has 3 rings (SSSR count). The van der Waals surface area contributed by atoms with Crippen LogP contribution in [0.5, 0.6) is 0 Å². The molecule has 6 nitrogen and oxygen atoms in total. The number of aryl methyl sites for hydroxylation is 1. The molecule has 19 heavy (non-hydrogen) atoms. The maximum Gasteiger partial charge on any atom is 0.160 e. The first-order valence-electron chi connectivity index (χ1n) is 6.43. The van der Waals surface area contributed by atoms with Gasteiger partial charge in [0, 0.05) is 38.5 Å². The number of hydrogen-bond acceptors (Lipinski definition) is 5. The Morgan fingerprint density at radius 1 is 1.42 bits per heavy atom. The average Bonchev–Trinajstić information content (AvgIpc) is 3.09. The molecule has 0 spiro atoms. The molecule has 2 aromatic heterocycles. The molecule has 1 saturated heterocycles. The van der Waals surface area contributed by atoms with Gasteiger partial charge in [-0.3, -0.25) is 4.68 Å². The van der Waals surface area contributed by atoms with E-state index in [2.05, 4.69) is 20.4 Å². The predicted molar refractivity (Wildman–Crippen MR) is 71.7 cm³/mol. The van der Waals surface area contributed by atoms with Crippen LogP contribution in [0.25, 0.3) is 11.3 Å². The molecule has 0 radical (unpaired) electrons. The van der Waals surface area contributed by atoms with Crippen LogP contribution in [0, 0.1) is 0 Å². The van der Waals surface area contributed by atoms with Crippen LogP contribution in [0.4, 0.5) is 5.82 Å². The second kappa shape index (κ2) is 4.97. The fraction of sp³-hybridized carbons (Fsp3) is 0.462. The van der Waals surface area contributed by atoms with Crippen molar-refractivity contribution in [2.24, 2.45) is 7.05 Å². The highest BCUT2D eigenvalue weighted by Crippen LogP contribution is 2.28. The first-order valence-corrected chi connectivity index (χ1v) is 6.43. The first kappa shape index (κ1) is 12.1. The Hall–Kier alpha value is -1.95. The molecule has 0 aromatic carbocycles. The monoisotopic (exact) mass is 259 g/mol. The predicted octanol–water partition coefficient (Wildman–Crippen LogP) is 1.77. The number of anilines is 1. The summed E-state index contributed by atoms with van der Waals surface area (Å²) < 4.78 is 7.43. The van der Waals surface area contributed by atoms with E-state index >= 15 is 0 Å². The third-order valence-electron chi connectivity index (χ3n) is 3.22. The van der Waals surface area contributed by atoms with Crippen LogP contribution in [0.15, 0.2) is 18.5 Å². The molecule has 1 atom stereocenters. The largest absolute Gasteiger partial charge is 0.373 e. The molecule has 6 heteroatoms. The average molecular weight is 259 g/mol. The minimum absolute atomic E-state index is 0.0173. The van der Waals surface area contributed by atoms with E-state index in [-0.39, 0.29) is 6.10 Å². The number of nitrogens with zero attached hydrogens (tertiary/aromatic N) is 4. The molecule has 0 saturated carbocycles. The van der Waals surface area contributed by atoms with Gasteiger partial charge >= 0.3 is 0 Å². The van der Waals surface area contributed by atoms with Gasteiger partial charge in [0.2, 0.25) is 0 Å². The van der Waals surface area contributed by atoms with Gasteiger partial charge in [-0.15, -0.1) is 0 Å². The van der Waals surface area contributed by atoms with Crippen molar-refractivity contribution in [3.05, 3.63) is 24.3 Å². The number of aromatic nitrogens is 4. The SMILES string of the molecule is CNc1cc(-c2cnn(C)c2)nc(C2CCCO2)n1. The lowest BCUT2D eigenvalue weighted by Gasteiger charge is -2.11. The molecule has 100 valence electrons. The highest BCUT2D eigenvalue weighted by molar-refractivity contribution is 5.60. The quantitative estimate of drug-likeness (QED) is 0.910. The van der Waals surface area contributed by atoms with Crippen molar-refractivity contribution in [1.29, 1.82) is 0 Å². The lowest BCUT2D eigenvalue weighted by Crippen LogP contribution is -2.06. The second-order valence-electron chi connectivity index (χ2n) is 4.65. The summed E-state index contributed by atoms with van der Waals surface area (Å²) in [6, 6.07) is 1.93. The molecule has 1 N–H and O–H groups in total. The van der Waals surface area contributed by atoms with Gasteiger partial charge in [0.05, 0.1) is 11.9 Å². The van der Waals surface area contributed by atoms with E-state index in [1.54, 1.807) is 10.9 Å². The van der Waals surface area contributed by atoms with E-state index in [4.69, 9.17) is 4.74 Å². The summed E-state index contributed by atoms with van der Waals surface area (Å²) in [4.78, 5) is 9.11. The van der Waals surface area contributed by atoms with Crippen LogP contribution < -0.4 is 5.32 Å². The normalized spacial score (nSPS) is 18.7. The fourth-order valence-corrected chi connectivity index (χ4v) is 2.22. The summed E-state index contributed by atoms with van der Waals surface area (Å²) in [6.45, 7) is 0.792. The smallest absolute Gasteiger partial charge is 0.160 e. The van der Waals surface area contributed by atoms with Gasteiger partial charge in [-0.1, -0.05) is 0 Å². The molecule has 2 aromatic rings. The maximum atomic E-state index is 5.66. The fourth-order valence-electron chi connectivity index (χ4n) is 2.22. The van der Waals surface area contributed by atoms with Crippen LogP contribution in [0.1, 0.15) is 24.8 Å². The van der Waals surface area contributed by atoms with Gasteiger partial charge in [0.15, 0.2) is 5.82 Å². The molecule has 0 bridgehead atoms. The molecule has 3 heterocycles. The summed E-state index contributed by atoms with van der Waals surface area (Å²) in [6.07, 6.45) is 5.82. The highest BCUT2D eigenvalue weighted by atomic mass is 16.5. The Labute approximate surface area is 111 Å². The molecule has 1 aliphatic heterocycles. The zero-order valence-corrected chi connectivity index (χ0v) is 11.1. The van der Waals surface area contributed by atoms with E-state index in [1.807, 2.05) is 26.4 Å². The lowest BCUT2D eigenvalue weighted by molar-refractivity contribution is 0.105. The molecular formula is C13H17N5O. The van der Waals surface area contributed by atoms with Crippen molar-refractivity contribution in [1.82, 2.24) is 19.7 Å². The van der Waals surface area contributed by atoms with Crippen molar-refractivity contribution in [2.45, 2.75) is 18.9 Å². The van der Waals surface area contributed by atoms with E-state index in [1.165, 1.54) is 0 Å². The van der Waals surface area contributed by atoms with Crippen molar-refractivity contribution in [2.75, 3.05) is 19.0 Å². The van der Waals surface area contributed by atoms with Gasteiger partial charge in [0.1, 0.15) is 11.9 Å². The van der Waals surface area contributed by atoms with E-state index in [0.717, 1.165) is 42.3 Å². The van der Waals surface area contributed by atoms with Gasteiger partial charge in [0.25, 0.3) is 0 Å². The number of hydrogen-bond donors (Lipinski definition) is 1. The highest BCUT2D eigenvalue weighted by Gasteiger charge is 2.22. The Balaban J connectivity index is 2.01. The van der Waals surface area contributed by atoms with Crippen LogP contribution in [0.3, 0.4) is 0 Å². The summed E-state index contributed by atoms with van der Waals surface area (Å²) in [7, 11) is 3.75. The van der Waals surface area contributed by atoms with Gasteiger partial charge in [-0.2, -0.15) is 5.10 Å². The summed E-state index contributed by atoms with van der Waals surface area (Å²) in [5, 5.41) is 7.25. The molecule has 1 aliphatic rings. The molecular weight excluding hydrogens is 242 g/mol. The Bertz CT molecular complexity index is 574. The topological polar surface area (TPSA) is 64.9 Å². The third kappa shape index (κ3) is 2.44. The van der Waals surface area contributed by atoms with Gasteiger partial charge in [-0.05, 0) is 12.8 Å². The minimum Gasteiger partial charge on any atom is -0.373 e. The molecule has 0 amide bonds. The first-order chi connectivity index (χ1) is 9.26. The number of nitrogens with one attached hydrogen (secondary N) is 1. The Morgan fingerprint density at radius 3 is 2.95 bits per heavy atom. The summed E-state index contributed by atoms with van der Waals surface area (Å²) >= 11 is 0. The maximum absolute atomic E-state index is 5.66. The van der Waals surface area contributed by atoms with Crippen LogP contribution >= 0.6 is 0 Å². The standard InChI is InChI=1S/C13H17N5O/c1-14-12-6-10(9-7-15-18(2)8-9)16-13(17-12)11-4-3-5-19-11/h6-8,11H,3-5H2,1-2H3,(H,14,16,17). The van der Waals surface area contributed by atoms with Crippen LogP contribution in [0.2, 0.25) is 0 Å². The molecule has 0 aliphatic carbocycles. The van der Waals surface area contributed by atoms with Crippen molar-refractivity contribution in [3.8, 4) is 11.3 Å². The van der Waals surface area contributed by atoms with Crippen LogP contribution in [-0.4, -0.2) is 33.4 Å². The number of rotatable bonds is 3. The van der Waals surface area contributed by atoms with Gasteiger partial charge < -0.3 is 10.1 Å². The Kier molecular flexibility index (Phi) is 3.16.